The van der Waals surface area contributed by atoms with Gasteiger partial charge in [-0.3, -0.25) is 4.57 Å². The second-order valence-corrected chi connectivity index (χ2v) is 5.50. The van der Waals surface area contributed by atoms with Crippen LogP contribution in [0.3, 0.4) is 0 Å². The summed E-state index contributed by atoms with van der Waals surface area (Å²) < 4.78 is 16.0. The number of hydrogen-bond acceptors (Lipinski definition) is 2. The van der Waals surface area contributed by atoms with E-state index >= 15 is 0 Å². The lowest BCUT2D eigenvalue weighted by Gasteiger charge is -2.11. The number of alkyl halides is 1. The van der Waals surface area contributed by atoms with Gasteiger partial charge in [0.1, 0.15) is 0 Å². The van der Waals surface area contributed by atoms with Crippen molar-refractivity contribution in [3.05, 3.63) is 0 Å². The Kier molecular flexibility index (Phi) is 6.53. The van der Waals surface area contributed by atoms with Gasteiger partial charge in [-0.1, -0.05) is 15.9 Å². The monoisotopic (exact) mass is 243 g/mol. The maximum atomic E-state index is 11.2. The Morgan fingerprint density at radius 2 is 2.18 bits per heavy atom. The molecule has 1 unspecified atom stereocenters. The van der Waals surface area contributed by atoms with E-state index in [0.29, 0.717) is 0 Å². The molecule has 0 saturated heterocycles. The Hall–Kier alpha value is 0.630. The molecule has 0 rings (SSSR count). The second-order valence-electron chi connectivity index (χ2n) is 2.33. The van der Waals surface area contributed by atoms with Crippen LogP contribution in [-0.4, -0.2) is 25.6 Å². The van der Waals surface area contributed by atoms with Crippen LogP contribution < -0.4 is 5.09 Å². The van der Waals surface area contributed by atoms with Gasteiger partial charge in [-0.2, -0.15) is 0 Å². The molecule has 68 valence electrons. The summed E-state index contributed by atoms with van der Waals surface area (Å²) in [6.07, 6.45) is 2.11. The molecule has 3 nitrogen and oxygen atoms in total. The molecular weight excluding hydrogens is 229 g/mol. The molecule has 0 aliphatic carbocycles. The van der Waals surface area contributed by atoms with E-state index < -0.39 is 7.52 Å². The molecule has 1 atom stereocenters. The van der Waals surface area contributed by atoms with Crippen molar-refractivity contribution < 1.29 is 9.09 Å². The fraction of sp³-hybridized carbons (Fsp3) is 1.00. The van der Waals surface area contributed by atoms with E-state index in [4.69, 9.17) is 4.52 Å². The highest BCUT2D eigenvalue weighted by molar-refractivity contribution is 9.09. The number of hydrogen-bond donors (Lipinski definition) is 1. The van der Waals surface area contributed by atoms with Crippen molar-refractivity contribution in [1.82, 2.24) is 5.09 Å². The van der Waals surface area contributed by atoms with Crippen LogP contribution >= 0.6 is 23.4 Å². The molecule has 0 aromatic carbocycles. The van der Waals surface area contributed by atoms with Crippen LogP contribution in [0.1, 0.15) is 12.8 Å². The van der Waals surface area contributed by atoms with Gasteiger partial charge in [0.2, 0.25) is 0 Å². The van der Waals surface area contributed by atoms with E-state index in [1.165, 1.54) is 7.11 Å². The zero-order valence-corrected chi connectivity index (χ0v) is 9.45. The Morgan fingerprint density at radius 1 is 1.55 bits per heavy atom. The number of unbranched alkanes of at least 4 members (excludes halogenated alkanes) is 1. The van der Waals surface area contributed by atoms with Crippen molar-refractivity contribution in [3.8, 4) is 0 Å². The highest BCUT2D eigenvalue weighted by atomic mass is 79.9. The summed E-state index contributed by atoms with van der Waals surface area (Å²) in [5.74, 6) is 0. The first-order valence-electron chi connectivity index (χ1n) is 3.57. The molecule has 1 N–H and O–H groups in total. The Bertz CT molecular complexity index is 143. The third kappa shape index (κ3) is 7.01. The van der Waals surface area contributed by atoms with Crippen LogP contribution in [0, 0.1) is 0 Å². The van der Waals surface area contributed by atoms with Gasteiger partial charge >= 0.3 is 0 Å². The third-order valence-electron chi connectivity index (χ3n) is 1.31. The van der Waals surface area contributed by atoms with Gasteiger partial charge in [0, 0.05) is 25.6 Å². The quantitative estimate of drug-likeness (QED) is 0.442. The Morgan fingerprint density at radius 3 is 2.64 bits per heavy atom. The maximum absolute atomic E-state index is 11.2. The summed E-state index contributed by atoms with van der Waals surface area (Å²) in [5, 5.41) is 3.85. The summed E-state index contributed by atoms with van der Waals surface area (Å²) in [7, 11) is -1.02. The fourth-order valence-corrected chi connectivity index (χ4v) is 1.66. The first-order valence-corrected chi connectivity index (χ1v) is 6.76. The predicted molar refractivity (Wildman–Crippen MR) is 51.6 cm³/mol. The molecule has 0 bridgehead atoms. The number of nitrogens with one attached hydrogen (secondary N) is 1. The SMILES string of the molecule is COP(C)(=O)NCCCCBr. The van der Waals surface area contributed by atoms with Gasteiger partial charge in [0.15, 0.2) is 0 Å². The molecule has 5 heteroatoms. The van der Waals surface area contributed by atoms with Crippen LogP contribution in [0.2, 0.25) is 0 Å². The molecule has 0 radical (unpaired) electrons. The van der Waals surface area contributed by atoms with Crippen LogP contribution in [0.25, 0.3) is 0 Å². The summed E-state index contributed by atoms with van der Waals surface area (Å²) >= 11 is 3.32. The van der Waals surface area contributed by atoms with E-state index in [1.54, 1.807) is 6.66 Å². The van der Waals surface area contributed by atoms with Crippen molar-refractivity contribution in [2.24, 2.45) is 0 Å². The molecule has 0 aromatic rings. The topological polar surface area (TPSA) is 38.3 Å². The van der Waals surface area contributed by atoms with Gasteiger partial charge in [-0.15, -0.1) is 0 Å². The average Bonchev–Trinajstić information content (AvgIpc) is 1.99. The molecule has 0 saturated carbocycles. The van der Waals surface area contributed by atoms with E-state index in [-0.39, 0.29) is 0 Å². The zero-order chi connectivity index (χ0) is 8.74. The van der Waals surface area contributed by atoms with E-state index in [0.717, 1.165) is 24.7 Å². The predicted octanol–water partition coefficient (Wildman–Crippen LogP) is 2.22. The van der Waals surface area contributed by atoms with Crippen LogP contribution in [0.4, 0.5) is 0 Å². The van der Waals surface area contributed by atoms with Crippen molar-refractivity contribution in [1.29, 1.82) is 0 Å². The Balaban J connectivity index is 3.31. The van der Waals surface area contributed by atoms with Crippen molar-refractivity contribution >= 4 is 23.4 Å². The van der Waals surface area contributed by atoms with Crippen molar-refractivity contribution in [2.45, 2.75) is 12.8 Å². The third-order valence-corrected chi connectivity index (χ3v) is 3.36. The standard InChI is InChI=1S/C6H15BrNO2P/c1-10-11(2,9)8-6-4-3-5-7/h3-6H2,1-2H3,(H,8,9). The van der Waals surface area contributed by atoms with Crippen LogP contribution in [0.15, 0.2) is 0 Å². The van der Waals surface area contributed by atoms with Gasteiger partial charge < -0.3 is 4.52 Å². The van der Waals surface area contributed by atoms with E-state index in [2.05, 4.69) is 21.0 Å². The van der Waals surface area contributed by atoms with E-state index in [1.807, 2.05) is 0 Å². The van der Waals surface area contributed by atoms with Gasteiger partial charge in [0.25, 0.3) is 7.52 Å². The molecular formula is C6H15BrNO2P. The molecule has 0 amide bonds. The van der Waals surface area contributed by atoms with Crippen molar-refractivity contribution in [2.75, 3.05) is 25.6 Å². The van der Waals surface area contributed by atoms with Gasteiger partial charge in [-0.05, 0) is 12.8 Å². The molecule has 0 heterocycles. The minimum atomic E-state index is -2.48. The van der Waals surface area contributed by atoms with Crippen LogP contribution in [0.5, 0.6) is 0 Å². The average molecular weight is 244 g/mol. The molecule has 0 aliphatic rings. The number of rotatable bonds is 6. The lowest BCUT2D eigenvalue weighted by atomic mass is 10.3. The summed E-state index contributed by atoms with van der Waals surface area (Å²) in [5.41, 5.74) is 0. The smallest absolute Gasteiger partial charge is 0.266 e. The fourth-order valence-electron chi connectivity index (χ4n) is 0.566. The number of halogens is 1. The normalized spacial score (nSPS) is 16.3. The highest BCUT2D eigenvalue weighted by Crippen LogP contribution is 2.35. The maximum Gasteiger partial charge on any atom is 0.266 e. The largest absolute Gasteiger partial charge is 0.321 e. The summed E-state index contributed by atoms with van der Waals surface area (Å²) in [4.78, 5) is 0. The lowest BCUT2D eigenvalue weighted by molar-refractivity contribution is 0.387. The van der Waals surface area contributed by atoms with Crippen LogP contribution in [-0.2, 0) is 9.09 Å². The summed E-state index contributed by atoms with van der Waals surface area (Å²) in [6, 6.07) is 0. The molecule has 0 spiro atoms. The zero-order valence-electron chi connectivity index (χ0n) is 6.97. The van der Waals surface area contributed by atoms with Gasteiger partial charge in [0.05, 0.1) is 0 Å². The first-order chi connectivity index (χ1) is 5.12. The van der Waals surface area contributed by atoms with E-state index in [9.17, 15) is 4.57 Å². The minimum absolute atomic E-state index is 0.757. The lowest BCUT2D eigenvalue weighted by Crippen LogP contribution is -2.12. The molecule has 0 fully saturated rings. The molecule has 11 heavy (non-hydrogen) atoms. The highest BCUT2D eigenvalue weighted by Gasteiger charge is 2.10. The van der Waals surface area contributed by atoms with Crippen molar-refractivity contribution in [3.63, 3.8) is 0 Å². The van der Waals surface area contributed by atoms with Gasteiger partial charge in [-0.25, -0.2) is 5.09 Å². The second kappa shape index (κ2) is 6.18. The minimum Gasteiger partial charge on any atom is -0.321 e. The molecule has 0 aliphatic heterocycles. The first kappa shape index (κ1) is 11.6. The Labute approximate surface area is 76.5 Å². The summed E-state index contributed by atoms with van der Waals surface area (Å²) in [6.45, 7) is 2.34. The molecule has 0 aromatic heterocycles.